The van der Waals surface area contributed by atoms with Crippen LogP contribution in [0.2, 0.25) is 0 Å². The van der Waals surface area contributed by atoms with Gasteiger partial charge in [-0.25, -0.2) is 10.3 Å². The summed E-state index contributed by atoms with van der Waals surface area (Å²) in [7, 11) is 1.64. The molecule has 4 aliphatic heterocycles. The van der Waals surface area contributed by atoms with Gasteiger partial charge >= 0.3 is 12.4 Å². The molecule has 3 fully saturated rings. The molecule has 222 valence electrons. The molecule has 4 heterocycles. The first-order chi connectivity index (χ1) is 18.9. The number of nitrogens with one attached hydrogen (secondary N) is 4. The molecule has 0 spiro atoms. The normalized spacial score (nSPS) is 30.4. The fourth-order valence-corrected chi connectivity index (χ4v) is 7.30. The monoisotopic (exact) mass is 588 g/mol. The van der Waals surface area contributed by atoms with Gasteiger partial charge in [-0.1, -0.05) is 6.92 Å². The average molecular weight is 589 g/mol. The molecule has 0 radical (unpaired) electrons. The van der Waals surface area contributed by atoms with Crippen molar-refractivity contribution in [3.63, 3.8) is 0 Å². The van der Waals surface area contributed by atoms with Gasteiger partial charge in [-0.05, 0) is 26.8 Å². The summed E-state index contributed by atoms with van der Waals surface area (Å²) >= 11 is 1.31. The number of amides is 4. The van der Waals surface area contributed by atoms with Crippen molar-refractivity contribution >= 4 is 41.4 Å². The number of halogens is 2. The van der Waals surface area contributed by atoms with Gasteiger partial charge in [0.1, 0.15) is 11.8 Å². The van der Waals surface area contributed by atoms with Crippen LogP contribution in [0.25, 0.3) is 0 Å². The molecule has 0 unspecified atom stereocenters. The zero-order valence-electron chi connectivity index (χ0n) is 22.3. The van der Waals surface area contributed by atoms with E-state index in [9.17, 15) is 37.9 Å². The fourth-order valence-electron chi connectivity index (χ4n) is 5.83. The van der Waals surface area contributed by atoms with Crippen molar-refractivity contribution in [1.82, 2.24) is 31.2 Å². The smallest absolute Gasteiger partial charge is 0.353 e. The van der Waals surface area contributed by atoms with Gasteiger partial charge in [0.05, 0.1) is 24.5 Å². The highest BCUT2D eigenvalue weighted by Crippen LogP contribution is 2.51. The minimum Gasteiger partial charge on any atom is -0.477 e. The molecule has 0 bridgehead atoms. The maximum absolute atomic E-state index is 13.1. The Morgan fingerprint density at radius 1 is 1.27 bits per heavy atom. The maximum atomic E-state index is 13.1. The number of β-lactam (4-membered cyclic amide) rings is 1. The number of hydroxylamine groups is 1. The Morgan fingerprint density at radius 3 is 2.65 bits per heavy atom. The first-order valence-electron chi connectivity index (χ1n) is 13.1. The highest BCUT2D eigenvalue weighted by atomic mass is 32.2. The van der Waals surface area contributed by atoms with Crippen LogP contribution in [-0.2, 0) is 28.8 Å². The minimum atomic E-state index is -3.22. The molecule has 0 aliphatic carbocycles. The molecule has 3 saturated heterocycles. The summed E-state index contributed by atoms with van der Waals surface area (Å²) in [5.41, 5.74) is 2.23. The van der Waals surface area contributed by atoms with Gasteiger partial charge in [0, 0.05) is 41.7 Å². The predicted molar refractivity (Wildman–Crippen MR) is 137 cm³/mol. The number of carbonyl (C=O) groups is 5. The average Bonchev–Trinajstić information content (AvgIpc) is 3.61. The molecule has 4 rings (SSSR count). The SMILES string of the molecule is CNCC(=O)NO[C@H]1CCN(C(=O)[C@@H]2C[C@H](SC3=C(C(=O)O)N4C(=O)[C@H]([C@@H](C)NC(=O)C(F)F)[C@@H]4[C@H]3C)CN2)C1. The molecule has 4 amide bonds. The molecular formula is C24H34F2N6O7S. The van der Waals surface area contributed by atoms with Gasteiger partial charge in [-0.2, -0.15) is 8.78 Å². The molecule has 13 nitrogen and oxygen atoms in total. The lowest BCUT2D eigenvalue weighted by molar-refractivity contribution is -0.159. The zero-order valence-corrected chi connectivity index (χ0v) is 23.1. The number of hydrogen-bond acceptors (Lipinski definition) is 9. The number of nitrogens with zero attached hydrogens (tertiary/aromatic N) is 2. The Labute approximate surface area is 233 Å². The quantitative estimate of drug-likeness (QED) is 0.147. The van der Waals surface area contributed by atoms with E-state index in [0.717, 1.165) is 0 Å². The number of carboxylic acid groups (broad SMARTS) is 1. The van der Waals surface area contributed by atoms with Gasteiger partial charge in [0.25, 0.3) is 11.8 Å². The van der Waals surface area contributed by atoms with Crippen LogP contribution >= 0.6 is 11.8 Å². The Morgan fingerprint density at radius 2 is 2.00 bits per heavy atom. The van der Waals surface area contributed by atoms with E-state index in [1.165, 1.54) is 23.6 Å². The highest BCUT2D eigenvalue weighted by Gasteiger charge is 2.60. The summed E-state index contributed by atoms with van der Waals surface area (Å²) in [5, 5.41) is 17.9. The standard InChI is InChI=1S/C24H34F2N6O7S/c1-10-17-16(11(2)29-21(34)20(25)26)23(36)32(17)18(24(37)38)19(10)40-13-6-14(28-7-13)22(35)31-5-4-12(9-31)39-30-15(33)8-27-3/h10-14,16-17,20,27-28H,4-9H2,1-3H3,(H,29,34)(H,30,33)(H,37,38)/t10-,11-,12+,13+,14+,16-,17+/m1/s1. The van der Waals surface area contributed by atoms with E-state index in [4.69, 9.17) is 4.84 Å². The summed E-state index contributed by atoms with van der Waals surface area (Å²) in [6.07, 6.45) is -2.52. The molecule has 0 saturated carbocycles. The Balaban J connectivity index is 1.34. The van der Waals surface area contributed by atoms with Crippen LogP contribution in [0.5, 0.6) is 0 Å². The Hall–Kier alpha value is -2.82. The lowest BCUT2D eigenvalue weighted by Gasteiger charge is -2.47. The van der Waals surface area contributed by atoms with Crippen LogP contribution in [0.4, 0.5) is 8.78 Å². The van der Waals surface area contributed by atoms with Gasteiger partial charge < -0.3 is 30.9 Å². The molecule has 5 N–H and O–H groups in total. The van der Waals surface area contributed by atoms with Crippen molar-refractivity contribution in [2.45, 2.75) is 62.6 Å². The number of rotatable bonds is 11. The summed E-state index contributed by atoms with van der Waals surface area (Å²) in [4.78, 5) is 70.0. The van der Waals surface area contributed by atoms with Crippen molar-refractivity contribution in [3.8, 4) is 0 Å². The van der Waals surface area contributed by atoms with Gasteiger partial charge in [0.15, 0.2) is 0 Å². The molecular weight excluding hydrogens is 554 g/mol. The Bertz CT molecular complexity index is 1090. The van der Waals surface area contributed by atoms with Crippen molar-refractivity contribution < 1.29 is 42.7 Å². The molecule has 0 aromatic carbocycles. The van der Waals surface area contributed by atoms with E-state index in [-0.39, 0.29) is 35.4 Å². The minimum absolute atomic E-state index is 0.106. The van der Waals surface area contributed by atoms with E-state index >= 15 is 0 Å². The first-order valence-corrected chi connectivity index (χ1v) is 14.0. The van der Waals surface area contributed by atoms with Gasteiger partial charge in [0.2, 0.25) is 11.8 Å². The number of hydrogen-bond donors (Lipinski definition) is 5. The second kappa shape index (κ2) is 12.4. The number of likely N-dealkylation sites (tertiary alicyclic amines) is 1. The van der Waals surface area contributed by atoms with Crippen molar-refractivity contribution in [2.24, 2.45) is 11.8 Å². The van der Waals surface area contributed by atoms with E-state index in [1.807, 2.05) is 0 Å². The topological polar surface area (TPSA) is 169 Å². The number of aliphatic carboxylic acids is 1. The van der Waals surface area contributed by atoms with Gasteiger partial charge in [-0.15, -0.1) is 11.8 Å². The van der Waals surface area contributed by atoms with E-state index in [0.29, 0.717) is 37.4 Å². The van der Waals surface area contributed by atoms with Crippen LogP contribution in [0, 0.1) is 11.8 Å². The lowest BCUT2D eigenvalue weighted by Crippen LogP contribution is -2.66. The third-order valence-electron chi connectivity index (χ3n) is 7.71. The molecule has 0 aromatic heterocycles. The van der Waals surface area contributed by atoms with Crippen LogP contribution < -0.4 is 21.4 Å². The highest BCUT2D eigenvalue weighted by molar-refractivity contribution is 8.03. The van der Waals surface area contributed by atoms with E-state index in [1.54, 1.807) is 18.9 Å². The number of carbonyl (C=O) groups excluding carboxylic acids is 4. The fraction of sp³-hybridized carbons (Fsp3) is 0.708. The zero-order chi connectivity index (χ0) is 29.3. The molecule has 4 aliphatic rings. The van der Waals surface area contributed by atoms with Crippen LogP contribution in [0.1, 0.15) is 26.7 Å². The maximum Gasteiger partial charge on any atom is 0.353 e. The third-order valence-corrected chi connectivity index (χ3v) is 9.23. The summed E-state index contributed by atoms with van der Waals surface area (Å²) in [5.74, 6) is -4.92. The van der Waals surface area contributed by atoms with Crippen LogP contribution in [0.3, 0.4) is 0 Å². The molecule has 0 aromatic rings. The van der Waals surface area contributed by atoms with E-state index < -0.39 is 54.2 Å². The number of alkyl halides is 2. The largest absolute Gasteiger partial charge is 0.477 e. The summed E-state index contributed by atoms with van der Waals surface area (Å²) in [6, 6.07) is -1.94. The molecule has 16 heteroatoms. The van der Waals surface area contributed by atoms with Crippen LogP contribution in [-0.4, -0.2) is 114 Å². The van der Waals surface area contributed by atoms with Crippen LogP contribution in [0.15, 0.2) is 10.6 Å². The molecule has 7 atom stereocenters. The number of thioether (sulfide) groups is 1. The summed E-state index contributed by atoms with van der Waals surface area (Å²) < 4.78 is 25.4. The van der Waals surface area contributed by atoms with Crippen molar-refractivity contribution in [3.05, 3.63) is 10.6 Å². The lowest BCUT2D eigenvalue weighted by atomic mass is 9.78. The number of likely N-dealkylation sites (N-methyl/N-ethyl adjacent to an activating group) is 1. The van der Waals surface area contributed by atoms with E-state index in [2.05, 4.69) is 21.4 Å². The summed E-state index contributed by atoms with van der Waals surface area (Å²) in [6.45, 7) is 4.61. The number of fused-ring (bicyclic) bond motifs is 1. The first kappa shape index (κ1) is 30.1. The number of carboxylic acids is 1. The van der Waals surface area contributed by atoms with Gasteiger partial charge in [-0.3, -0.25) is 24.0 Å². The molecule has 40 heavy (non-hydrogen) atoms. The van der Waals surface area contributed by atoms with Crippen molar-refractivity contribution in [1.29, 1.82) is 0 Å². The second-order valence-corrected chi connectivity index (χ2v) is 11.8. The second-order valence-electron chi connectivity index (χ2n) is 10.4. The Kier molecular flexibility index (Phi) is 9.32. The predicted octanol–water partition coefficient (Wildman–Crippen LogP) is -1.14. The van der Waals surface area contributed by atoms with Crippen molar-refractivity contribution in [2.75, 3.05) is 33.2 Å². The third kappa shape index (κ3) is 5.94.